The molecule has 0 aromatic carbocycles. The molecule has 15 heavy (non-hydrogen) atoms. The predicted molar refractivity (Wildman–Crippen MR) is 61.0 cm³/mol. The standard InChI is InChI=1S/C10H15FN2OS/c1-8(7-15(3)14)13(2)10-9(11)5-4-6-12-10/h4-6,8H,7H2,1-3H3/t8-,15-/m1/s1. The molecule has 0 N–H and O–H groups in total. The molecule has 0 saturated heterocycles. The molecule has 0 spiro atoms. The molecular formula is C10H15FN2OS. The Bertz CT molecular complexity index is 359. The summed E-state index contributed by atoms with van der Waals surface area (Å²) in [7, 11) is 0.864. The van der Waals surface area contributed by atoms with E-state index in [9.17, 15) is 8.60 Å². The van der Waals surface area contributed by atoms with Crippen molar-refractivity contribution in [2.24, 2.45) is 0 Å². The van der Waals surface area contributed by atoms with Gasteiger partial charge in [0.2, 0.25) is 0 Å². The Morgan fingerprint density at radius 2 is 2.33 bits per heavy atom. The highest BCUT2D eigenvalue weighted by atomic mass is 32.2. The summed E-state index contributed by atoms with van der Waals surface area (Å²) in [5, 5.41) is 0. The first-order chi connectivity index (χ1) is 7.02. The van der Waals surface area contributed by atoms with E-state index in [0.717, 1.165) is 0 Å². The van der Waals surface area contributed by atoms with Crippen molar-refractivity contribution in [3.63, 3.8) is 0 Å². The zero-order valence-electron chi connectivity index (χ0n) is 9.11. The molecule has 84 valence electrons. The number of nitrogens with zero attached hydrogens (tertiary/aromatic N) is 2. The van der Waals surface area contributed by atoms with Crippen molar-refractivity contribution < 1.29 is 8.60 Å². The van der Waals surface area contributed by atoms with Gasteiger partial charge < -0.3 is 4.90 Å². The second-order valence-corrected chi connectivity index (χ2v) is 4.99. The van der Waals surface area contributed by atoms with Crippen LogP contribution in [0, 0.1) is 5.82 Å². The minimum Gasteiger partial charge on any atom is -0.354 e. The lowest BCUT2D eigenvalue weighted by Crippen LogP contribution is -2.34. The van der Waals surface area contributed by atoms with Crippen LogP contribution in [-0.4, -0.2) is 34.3 Å². The molecule has 1 aromatic rings. The van der Waals surface area contributed by atoms with Gasteiger partial charge in [0.25, 0.3) is 0 Å². The van der Waals surface area contributed by atoms with E-state index in [1.165, 1.54) is 6.07 Å². The summed E-state index contributed by atoms with van der Waals surface area (Å²) < 4.78 is 24.4. The van der Waals surface area contributed by atoms with Crippen LogP contribution in [0.4, 0.5) is 10.2 Å². The van der Waals surface area contributed by atoms with Gasteiger partial charge >= 0.3 is 0 Å². The van der Waals surface area contributed by atoms with Crippen molar-refractivity contribution in [2.75, 3.05) is 24.0 Å². The Morgan fingerprint density at radius 1 is 1.67 bits per heavy atom. The smallest absolute Gasteiger partial charge is 0.165 e. The zero-order chi connectivity index (χ0) is 11.4. The second kappa shape index (κ2) is 5.21. The van der Waals surface area contributed by atoms with E-state index < -0.39 is 10.8 Å². The molecule has 5 heteroatoms. The Kier molecular flexibility index (Phi) is 4.20. The van der Waals surface area contributed by atoms with Crippen LogP contribution in [0.3, 0.4) is 0 Å². The monoisotopic (exact) mass is 230 g/mol. The third-order valence-electron chi connectivity index (χ3n) is 2.21. The molecule has 0 amide bonds. The van der Waals surface area contributed by atoms with Gasteiger partial charge in [-0.05, 0) is 19.1 Å². The number of halogens is 1. The maximum Gasteiger partial charge on any atom is 0.165 e. The van der Waals surface area contributed by atoms with Gasteiger partial charge in [0.05, 0.1) is 0 Å². The summed E-state index contributed by atoms with van der Waals surface area (Å²) in [4.78, 5) is 5.66. The quantitative estimate of drug-likeness (QED) is 0.784. The Balaban J connectivity index is 2.80. The lowest BCUT2D eigenvalue weighted by Gasteiger charge is -2.25. The van der Waals surface area contributed by atoms with Gasteiger partial charge in [0.1, 0.15) is 0 Å². The van der Waals surface area contributed by atoms with Crippen LogP contribution in [0.5, 0.6) is 0 Å². The Labute approximate surface area is 91.8 Å². The van der Waals surface area contributed by atoms with Gasteiger partial charge in [-0.25, -0.2) is 9.37 Å². The van der Waals surface area contributed by atoms with E-state index in [2.05, 4.69) is 4.98 Å². The number of aromatic nitrogens is 1. The molecule has 0 aliphatic rings. The van der Waals surface area contributed by atoms with E-state index >= 15 is 0 Å². The molecule has 0 unspecified atom stereocenters. The summed E-state index contributed by atoms with van der Waals surface area (Å²) >= 11 is 0. The van der Waals surface area contributed by atoms with Gasteiger partial charge in [-0.1, -0.05) is 0 Å². The summed E-state index contributed by atoms with van der Waals surface area (Å²) in [5.74, 6) is 0.455. The van der Waals surface area contributed by atoms with E-state index in [1.807, 2.05) is 6.92 Å². The van der Waals surface area contributed by atoms with Crippen molar-refractivity contribution in [1.29, 1.82) is 0 Å². The van der Waals surface area contributed by atoms with Crippen molar-refractivity contribution in [2.45, 2.75) is 13.0 Å². The summed E-state index contributed by atoms with van der Waals surface area (Å²) in [6.07, 6.45) is 3.18. The number of pyridine rings is 1. The van der Waals surface area contributed by atoms with E-state index in [0.29, 0.717) is 11.6 Å². The van der Waals surface area contributed by atoms with Gasteiger partial charge in [0.15, 0.2) is 11.6 Å². The molecular weight excluding hydrogens is 215 g/mol. The summed E-state index contributed by atoms with van der Waals surface area (Å²) in [5.41, 5.74) is 0. The fourth-order valence-electron chi connectivity index (χ4n) is 1.30. The SMILES string of the molecule is C[C@H](C[S@@](C)=O)N(C)c1ncccc1F. The van der Waals surface area contributed by atoms with E-state index in [1.54, 1.807) is 30.5 Å². The average Bonchev–Trinajstić information content (AvgIpc) is 2.16. The van der Waals surface area contributed by atoms with Gasteiger partial charge in [0, 0.05) is 42.1 Å². The number of anilines is 1. The Morgan fingerprint density at radius 3 is 2.87 bits per heavy atom. The largest absolute Gasteiger partial charge is 0.354 e. The molecule has 0 aliphatic carbocycles. The van der Waals surface area contributed by atoms with Gasteiger partial charge in [-0.2, -0.15) is 0 Å². The first-order valence-electron chi connectivity index (χ1n) is 4.65. The minimum absolute atomic E-state index is 0.000216. The van der Waals surface area contributed by atoms with Crippen LogP contribution in [0.2, 0.25) is 0 Å². The van der Waals surface area contributed by atoms with Crippen LogP contribution in [0.15, 0.2) is 18.3 Å². The van der Waals surface area contributed by atoms with Crippen LogP contribution in [-0.2, 0) is 10.8 Å². The maximum atomic E-state index is 13.4. The molecule has 1 aromatic heterocycles. The zero-order valence-corrected chi connectivity index (χ0v) is 9.92. The average molecular weight is 230 g/mol. The topological polar surface area (TPSA) is 33.2 Å². The van der Waals surface area contributed by atoms with Gasteiger partial charge in [-0.15, -0.1) is 0 Å². The lowest BCUT2D eigenvalue weighted by molar-refractivity contribution is 0.604. The third kappa shape index (κ3) is 3.27. The fraction of sp³-hybridized carbons (Fsp3) is 0.500. The third-order valence-corrected chi connectivity index (χ3v) is 3.16. The molecule has 1 heterocycles. The van der Waals surface area contributed by atoms with Crippen molar-refractivity contribution >= 4 is 16.6 Å². The molecule has 0 fully saturated rings. The van der Waals surface area contributed by atoms with Crippen molar-refractivity contribution in [3.05, 3.63) is 24.1 Å². The van der Waals surface area contributed by atoms with Gasteiger partial charge in [-0.3, -0.25) is 4.21 Å². The molecule has 0 saturated carbocycles. The van der Waals surface area contributed by atoms with E-state index in [-0.39, 0.29) is 11.9 Å². The van der Waals surface area contributed by atoms with Crippen molar-refractivity contribution in [1.82, 2.24) is 4.98 Å². The van der Waals surface area contributed by atoms with E-state index in [4.69, 9.17) is 0 Å². The first kappa shape index (κ1) is 12.1. The fourth-order valence-corrected chi connectivity index (χ4v) is 2.20. The van der Waals surface area contributed by atoms with Crippen LogP contribution < -0.4 is 4.90 Å². The second-order valence-electron chi connectivity index (χ2n) is 3.51. The maximum absolute atomic E-state index is 13.4. The summed E-state index contributed by atoms with van der Waals surface area (Å²) in [6, 6.07) is 2.92. The molecule has 2 atom stereocenters. The molecule has 1 rings (SSSR count). The number of hydrogen-bond donors (Lipinski definition) is 0. The highest BCUT2D eigenvalue weighted by molar-refractivity contribution is 7.84. The van der Waals surface area contributed by atoms with Crippen LogP contribution in [0.25, 0.3) is 0 Å². The highest BCUT2D eigenvalue weighted by Crippen LogP contribution is 2.15. The Hall–Kier alpha value is -0.970. The predicted octanol–water partition coefficient (Wildman–Crippen LogP) is 1.42. The number of rotatable bonds is 4. The van der Waals surface area contributed by atoms with Crippen LogP contribution >= 0.6 is 0 Å². The number of hydrogen-bond acceptors (Lipinski definition) is 3. The molecule has 3 nitrogen and oxygen atoms in total. The normalized spacial score (nSPS) is 14.7. The van der Waals surface area contributed by atoms with Crippen LogP contribution in [0.1, 0.15) is 6.92 Å². The van der Waals surface area contributed by atoms with Crippen molar-refractivity contribution in [3.8, 4) is 0 Å². The molecule has 0 aliphatic heterocycles. The molecule has 0 bridgehead atoms. The highest BCUT2D eigenvalue weighted by Gasteiger charge is 2.15. The lowest BCUT2D eigenvalue weighted by atomic mass is 10.3. The minimum atomic E-state index is -0.889. The summed E-state index contributed by atoms with van der Waals surface area (Å²) in [6.45, 7) is 1.90. The molecule has 0 radical (unpaired) electrons. The first-order valence-corrected chi connectivity index (χ1v) is 6.38.